The van der Waals surface area contributed by atoms with Gasteiger partial charge in [0.2, 0.25) is 0 Å². The molecule has 1 heterocycles. The monoisotopic (exact) mass is 280 g/mol. The van der Waals surface area contributed by atoms with Gasteiger partial charge < -0.3 is 5.11 Å². The fourth-order valence-electron chi connectivity index (χ4n) is 1.92. The fraction of sp³-hybridized carbons (Fsp3) is 0.417. The van der Waals surface area contributed by atoms with Crippen LogP contribution in [0.1, 0.15) is 24.1 Å². The van der Waals surface area contributed by atoms with Crippen LogP contribution >= 0.6 is 0 Å². The van der Waals surface area contributed by atoms with Crippen LogP contribution in [0.15, 0.2) is 17.2 Å². The Morgan fingerprint density at radius 3 is 2.63 bits per heavy atom. The Labute approximate surface area is 110 Å². The average molecular weight is 280 g/mol. The smallest absolute Gasteiger partial charge is 0.309 e. The zero-order chi connectivity index (χ0) is 14.3. The molecule has 7 heteroatoms. The maximum absolute atomic E-state index is 11.7. The van der Waals surface area contributed by atoms with Gasteiger partial charge in [-0.15, -0.1) is 0 Å². The van der Waals surface area contributed by atoms with E-state index in [2.05, 4.69) is 11.1 Å². The van der Waals surface area contributed by atoms with E-state index in [1.807, 2.05) is 0 Å². The third-order valence-corrected chi connectivity index (χ3v) is 4.32. The number of nitriles is 1. The summed E-state index contributed by atoms with van der Waals surface area (Å²) in [5.41, 5.74) is -0.0918. The van der Waals surface area contributed by atoms with Crippen LogP contribution in [0.4, 0.5) is 0 Å². The molecule has 6 nitrogen and oxygen atoms in total. The van der Waals surface area contributed by atoms with Crippen molar-refractivity contribution in [2.45, 2.75) is 29.6 Å². The number of carboxylic acids is 1. The van der Waals surface area contributed by atoms with Gasteiger partial charge in [0.15, 0.2) is 9.84 Å². The van der Waals surface area contributed by atoms with Crippen molar-refractivity contribution in [1.29, 1.82) is 5.26 Å². The molecule has 1 aliphatic carbocycles. The normalized spacial score (nSPS) is 16.6. The van der Waals surface area contributed by atoms with Crippen LogP contribution in [0.25, 0.3) is 0 Å². The molecule has 100 valence electrons. The highest BCUT2D eigenvalue weighted by molar-refractivity contribution is 7.90. The van der Waals surface area contributed by atoms with Gasteiger partial charge in [0.05, 0.1) is 28.5 Å². The van der Waals surface area contributed by atoms with Crippen LogP contribution in [0.5, 0.6) is 0 Å². The number of rotatable bonds is 4. The second-order valence-corrected chi connectivity index (χ2v) is 6.69. The van der Waals surface area contributed by atoms with E-state index in [0.29, 0.717) is 18.4 Å². The standard InChI is InChI=1S/C12H12N2O4S/c1-19(17,18)10-4-8(12(7-13)2-3-12)6-14-9(10)5-11(15)16/h4,6H,2-3,5H2,1H3,(H,15,16). The zero-order valence-corrected chi connectivity index (χ0v) is 11.1. The molecular weight excluding hydrogens is 268 g/mol. The summed E-state index contributed by atoms with van der Waals surface area (Å²) in [7, 11) is -3.58. The van der Waals surface area contributed by atoms with Gasteiger partial charge in [0.1, 0.15) is 0 Å². The number of aromatic nitrogens is 1. The molecule has 0 aliphatic heterocycles. The van der Waals surface area contributed by atoms with Crippen LogP contribution in [-0.2, 0) is 26.5 Å². The van der Waals surface area contributed by atoms with E-state index >= 15 is 0 Å². The zero-order valence-electron chi connectivity index (χ0n) is 10.3. The quantitative estimate of drug-likeness (QED) is 0.868. The van der Waals surface area contributed by atoms with Crippen molar-refractivity contribution >= 4 is 15.8 Å². The highest BCUT2D eigenvalue weighted by Gasteiger charge is 2.45. The second-order valence-electron chi connectivity index (χ2n) is 4.71. The maximum Gasteiger partial charge on any atom is 0.309 e. The summed E-state index contributed by atoms with van der Waals surface area (Å²) < 4.78 is 23.4. The van der Waals surface area contributed by atoms with Crippen molar-refractivity contribution in [3.8, 4) is 6.07 Å². The predicted molar refractivity (Wildman–Crippen MR) is 65.2 cm³/mol. The van der Waals surface area contributed by atoms with Gasteiger partial charge in [0, 0.05) is 12.5 Å². The first-order valence-corrected chi connectivity index (χ1v) is 7.50. The Kier molecular flexibility index (Phi) is 3.06. The Bertz CT molecular complexity index is 684. The van der Waals surface area contributed by atoms with Crippen LogP contribution in [0.2, 0.25) is 0 Å². The van der Waals surface area contributed by atoms with E-state index in [1.54, 1.807) is 0 Å². The lowest BCUT2D eigenvalue weighted by Crippen LogP contribution is -2.13. The molecule has 2 rings (SSSR count). The van der Waals surface area contributed by atoms with Gasteiger partial charge in [-0.1, -0.05) is 0 Å². The largest absolute Gasteiger partial charge is 0.481 e. The molecule has 1 N–H and O–H groups in total. The van der Waals surface area contributed by atoms with E-state index in [1.165, 1.54) is 12.3 Å². The Morgan fingerprint density at radius 2 is 2.21 bits per heavy atom. The van der Waals surface area contributed by atoms with Crippen molar-refractivity contribution in [1.82, 2.24) is 4.98 Å². The molecule has 0 radical (unpaired) electrons. The SMILES string of the molecule is CS(=O)(=O)c1cc(C2(C#N)CC2)cnc1CC(=O)O. The minimum atomic E-state index is -3.58. The van der Waals surface area contributed by atoms with E-state index in [4.69, 9.17) is 10.4 Å². The minimum absolute atomic E-state index is 0.00693. The molecule has 0 saturated heterocycles. The number of hydrogen-bond donors (Lipinski definition) is 1. The average Bonchev–Trinajstić information content (AvgIpc) is 3.08. The molecule has 1 fully saturated rings. The molecule has 0 unspecified atom stereocenters. The third-order valence-electron chi connectivity index (χ3n) is 3.17. The van der Waals surface area contributed by atoms with Crippen LogP contribution in [0.3, 0.4) is 0 Å². The first-order valence-electron chi connectivity index (χ1n) is 5.61. The Morgan fingerprint density at radius 1 is 1.58 bits per heavy atom. The first kappa shape index (κ1) is 13.5. The number of aliphatic carboxylic acids is 1. The molecule has 19 heavy (non-hydrogen) atoms. The molecule has 1 saturated carbocycles. The number of carbonyl (C=O) groups is 1. The summed E-state index contributed by atoms with van der Waals surface area (Å²) in [5, 5.41) is 17.9. The Balaban J connectivity index is 2.55. The molecule has 1 aromatic rings. The van der Waals surface area contributed by atoms with Gasteiger partial charge in [-0.3, -0.25) is 9.78 Å². The van der Waals surface area contributed by atoms with Crippen LogP contribution in [-0.4, -0.2) is 30.7 Å². The number of carboxylic acid groups (broad SMARTS) is 1. The summed E-state index contributed by atoms with van der Waals surface area (Å²) in [5.74, 6) is -1.15. The lowest BCUT2D eigenvalue weighted by Gasteiger charge is -2.10. The van der Waals surface area contributed by atoms with Gasteiger partial charge in [-0.05, 0) is 24.5 Å². The number of pyridine rings is 1. The summed E-state index contributed by atoms with van der Waals surface area (Å²) >= 11 is 0. The highest BCUT2D eigenvalue weighted by Crippen LogP contribution is 2.47. The number of nitrogens with zero attached hydrogens (tertiary/aromatic N) is 2. The van der Waals surface area contributed by atoms with Crippen molar-refractivity contribution in [3.63, 3.8) is 0 Å². The Hall–Kier alpha value is -1.94. The molecule has 0 bridgehead atoms. The summed E-state index contributed by atoms with van der Waals surface area (Å²) in [6.45, 7) is 0. The molecule has 0 aromatic carbocycles. The van der Waals surface area contributed by atoms with Crippen LogP contribution in [0, 0.1) is 11.3 Å². The number of sulfone groups is 1. The lowest BCUT2D eigenvalue weighted by molar-refractivity contribution is -0.136. The maximum atomic E-state index is 11.7. The van der Waals surface area contributed by atoms with Gasteiger partial charge in [-0.2, -0.15) is 5.26 Å². The van der Waals surface area contributed by atoms with Gasteiger partial charge >= 0.3 is 5.97 Å². The topological polar surface area (TPSA) is 108 Å². The predicted octanol–water partition coefficient (Wildman–Crippen LogP) is 0.667. The van der Waals surface area contributed by atoms with E-state index in [0.717, 1.165) is 6.26 Å². The fourth-order valence-corrected chi connectivity index (χ4v) is 2.82. The minimum Gasteiger partial charge on any atom is -0.481 e. The molecule has 1 aliphatic rings. The van der Waals surface area contributed by atoms with Crippen LogP contribution < -0.4 is 0 Å². The molecular formula is C12H12N2O4S. The highest BCUT2D eigenvalue weighted by atomic mass is 32.2. The first-order chi connectivity index (χ1) is 8.78. The van der Waals surface area contributed by atoms with Gasteiger partial charge in [-0.25, -0.2) is 8.42 Å². The van der Waals surface area contributed by atoms with Crippen molar-refractivity contribution < 1.29 is 18.3 Å². The second kappa shape index (κ2) is 4.31. The summed E-state index contributed by atoms with van der Waals surface area (Å²) in [6, 6.07) is 3.54. The molecule has 0 amide bonds. The summed E-state index contributed by atoms with van der Waals surface area (Å²) in [4.78, 5) is 14.5. The molecule has 0 atom stereocenters. The van der Waals surface area contributed by atoms with E-state index < -0.39 is 27.6 Å². The van der Waals surface area contributed by atoms with Crippen molar-refractivity contribution in [2.24, 2.45) is 0 Å². The molecule has 0 spiro atoms. The summed E-state index contributed by atoms with van der Waals surface area (Å²) in [6.07, 6.45) is 3.30. The third kappa shape index (κ3) is 2.58. The van der Waals surface area contributed by atoms with E-state index in [9.17, 15) is 13.2 Å². The number of hydrogen-bond acceptors (Lipinski definition) is 5. The van der Waals surface area contributed by atoms with Crippen molar-refractivity contribution in [2.75, 3.05) is 6.26 Å². The molecule has 1 aromatic heterocycles. The lowest BCUT2D eigenvalue weighted by atomic mass is 9.99. The van der Waals surface area contributed by atoms with E-state index in [-0.39, 0.29) is 10.6 Å². The van der Waals surface area contributed by atoms with Crippen molar-refractivity contribution in [3.05, 3.63) is 23.5 Å². The van der Waals surface area contributed by atoms with Gasteiger partial charge in [0.25, 0.3) is 0 Å².